The van der Waals surface area contributed by atoms with Gasteiger partial charge >= 0.3 is 0 Å². The third kappa shape index (κ3) is 2.91. The molecule has 0 radical (unpaired) electrons. The average Bonchev–Trinajstić information content (AvgIpc) is 2.94. The Balaban J connectivity index is 2.41. The average molecular weight is 293 g/mol. The van der Waals surface area contributed by atoms with Gasteiger partial charge in [-0.05, 0) is 36.2 Å². The zero-order chi connectivity index (χ0) is 14.5. The highest BCUT2D eigenvalue weighted by atomic mass is 32.1. The van der Waals surface area contributed by atoms with Gasteiger partial charge < -0.3 is 15.2 Å². The van der Waals surface area contributed by atoms with Crippen molar-refractivity contribution in [2.24, 2.45) is 5.73 Å². The molecule has 0 fully saturated rings. The zero-order valence-electron chi connectivity index (χ0n) is 11.9. The second-order valence-electron chi connectivity index (χ2n) is 4.42. The number of rotatable bonds is 6. The summed E-state index contributed by atoms with van der Waals surface area (Å²) in [5.74, 6) is 1.50. The highest BCUT2D eigenvalue weighted by Crippen LogP contribution is 2.34. The molecule has 108 valence electrons. The Kier molecular flexibility index (Phi) is 4.92. The maximum Gasteiger partial charge on any atom is 0.124 e. The molecule has 1 atom stereocenters. The van der Waals surface area contributed by atoms with Crippen LogP contribution in [0.5, 0.6) is 11.5 Å². The molecule has 1 heterocycles. The van der Waals surface area contributed by atoms with Gasteiger partial charge in [0.25, 0.3) is 0 Å². The van der Waals surface area contributed by atoms with E-state index in [1.807, 2.05) is 18.2 Å². The van der Waals surface area contributed by atoms with Gasteiger partial charge in [-0.3, -0.25) is 0 Å². The van der Waals surface area contributed by atoms with Crippen LogP contribution in [0.1, 0.15) is 35.5 Å². The lowest BCUT2D eigenvalue weighted by molar-refractivity contribution is 0.397. The first-order chi connectivity index (χ1) is 9.71. The molecule has 2 rings (SSSR count). The molecule has 0 saturated heterocycles. The lowest BCUT2D eigenvalue weighted by Gasteiger charge is -2.16. The highest BCUT2D eigenvalue weighted by Gasteiger charge is 2.21. The molecule has 1 unspecified atom stereocenters. The summed E-state index contributed by atoms with van der Waals surface area (Å²) in [6, 6.07) is 5.31. The molecule has 0 aliphatic carbocycles. The van der Waals surface area contributed by atoms with Crippen LogP contribution in [0.25, 0.3) is 0 Å². The third-order valence-corrected chi connectivity index (χ3v) is 3.98. The van der Waals surface area contributed by atoms with E-state index in [1.54, 1.807) is 14.2 Å². The summed E-state index contributed by atoms with van der Waals surface area (Å²) in [4.78, 5) is 0.985. The molecule has 0 saturated carbocycles. The van der Waals surface area contributed by atoms with Gasteiger partial charge in [0.1, 0.15) is 11.5 Å². The lowest BCUT2D eigenvalue weighted by atomic mass is 10.0. The summed E-state index contributed by atoms with van der Waals surface area (Å²) in [6.45, 7) is 2.11. The minimum absolute atomic E-state index is 0.304. The zero-order valence-corrected chi connectivity index (χ0v) is 12.7. The number of aromatic nitrogens is 2. The van der Waals surface area contributed by atoms with Crippen LogP contribution < -0.4 is 15.2 Å². The maximum atomic E-state index is 6.39. The molecule has 20 heavy (non-hydrogen) atoms. The Hall–Kier alpha value is -1.66. The summed E-state index contributed by atoms with van der Waals surface area (Å²) < 4.78 is 14.7. The van der Waals surface area contributed by atoms with Crippen molar-refractivity contribution in [1.82, 2.24) is 9.59 Å². The van der Waals surface area contributed by atoms with Gasteiger partial charge in [0.2, 0.25) is 0 Å². The summed E-state index contributed by atoms with van der Waals surface area (Å²) in [5, 5.41) is 4.17. The highest BCUT2D eigenvalue weighted by molar-refractivity contribution is 7.05. The fraction of sp³-hybridized carbons (Fsp3) is 0.429. The van der Waals surface area contributed by atoms with Crippen LogP contribution in [0.3, 0.4) is 0 Å². The number of benzene rings is 1. The van der Waals surface area contributed by atoms with Gasteiger partial charge in [-0.1, -0.05) is 17.8 Å². The van der Waals surface area contributed by atoms with Gasteiger partial charge in [-0.25, -0.2) is 0 Å². The predicted molar refractivity (Wildman–Crippen MR) is 79.5 cm³/mol. The molecule has 5 nitrogen and oxygen atoms in total. The number of hydrogen-bond donors (Lipinski definition) is 1. The van der Waals surface area contributed by atoms with E-state index in [9.17, 15) is 0 Å². The molecular weight excluding hydrogens is 274 g/mol. The van der Waals surface area contributed by atoms with Crippen molar-refractivity contribution >= 4 is 11.5 Å². The first-order valence-corrected chi connectivity index (χ1v) is 7.27. The SMILES string of the molecule is CCCc1nnsc1C(N)c1cc(OC)ccc1OC. The number of hydrogen-bond acceptors (Lipinski definition) is 6. The number of ether oxygens (including phenoxy) is 2. The fourth-order valence-electron chi connectivity index (χ4n) is 2.09. The monoisotopic (exact) mass is 293 g/mol. The van der Waals surface area contributed by atoms with E-state index < -0.39 is 0 Å². The van der Waals surface area contributed by atoms with E-state index in [0.29, 0.717) is 0 Å². The molecule has 0 bridgehead atoms. The van der Waals surface area contributed by atoms with E-state index in [0.717, 1.165) is 40.5 Å². The van der Waals surface area contributed by atoms with E-state index in [1.165, 1.54) is 11.5 Å². The largest absolute Gasteiger partial charge is 0.497 e. The Morgan fingerprint density at radius 3 is 2.75 bits per heavy atom. The van der Waals surface area contributed by atoms with Gasteiger partial charge in [0, 0.05) is 5.56 Å². The molecule has 0 amide bonds. The molecule has 0 aliphatic heterocycles. The normalized spacial score (nSPS) is 12.2. The summed E-state index contributed by atoms with van der Waals surface area (Å²) in [6.07, 6.45) is 1.90. The number of nitrogens with two attached hydrogens (primary N) is 1. The minimum atomic E-state index is -0.304. The quantitative estimate of drug-likeness (QED) is 0.886. The van der Waals surface area contributed by atoms with Crippen LogP contribution in [-0.2, 0) is 6.42 Å². The van der Waals surface area contributed by atoms with Gasteiger partial charge in [-0.2, -0.15) is 0 Å². The van der Waals surface area contributed by atoms with Crippen molar-refractivity contribution in [3.05, 3.63) is 34.3 Å². The molecule has 1 aromatic carbocycles. The van der Waals surface area contributed by atoms with Gasteiger partial charge in [-0.15, -0.1) is 5.10 Å². The van der Waals surface area contributed by atoms with Crippen LogP contribution in [0, 0.1) is 0 Å². The third-order valence-electron chi connectivity index (χ3n) is 3.13. The van der Waals surface area contributed by atoms with Crippen molar-refractivity contribution in [2.45, 2.75) is 25.8 Å². The van der Waals surface area contributed by atoms with Crippen LogP contribution in [0.4, 0.5) is 0 Å². The second-order valence-corrected chi connectivity index (χ2v) is 5.21. The van der Waals surface area contributed by atoms with E-state index in [4.69, 9.17) is 15.2 Å². The van der Waals surface area contributed by atoms with E-state index in [2.05, 4.69) is 16.5 Å². The summed E-state index contributed by atoms with van der Waals surface area (Å²) >= 11 is 1.34. The maximum absolute atomic E-state index is 6.39. The van der Waals surface area contributed by atoms with E-state index in [-0.39, 0.29) is 6.04 Å². The topological polar surface area (TPSA) is 70.3 Å². The first kappa shape index (κ1) is 14.7. The van der Waals surface area contributed by atoms with Crippen LogP contribution >= 0.6 is 11.5 Å². The summed E-state index contributed by atoms with van der Waals surface area (Å²) in [7, 11) is 3.27. The molecule has 6 heteroatoms. The Morgan fingerprint density at radius 2 is 2.10 bits per heavy atom. The molecule has 2 aromatic rings. The van der Waals surface area contributed by atoms with Gasteiger partial charge in [0.15, 0.2) is 0 Å². The second kappa shape index (κ2) is 6.67. The van der Waals surface area contributed by atoms with E-state index >= 15 is 0 Å². The van der Waals surface area contributed by atoms with Crippen molar-refractivity contribution in [3.63, 3.8) is 0 Å². The summed E-state index contributed by atoms with van der Waals surface area (Å²) in [5.41, 5.74) is 8.24. The number of methoxy groups -OCH3 is 2. The van der Waals surface area contributed by atoms with Crippen molar-refractivity contribution in [3.8, 4) is 11.5 Å². The van der Waals surface area contributed by atoms with Crippen LogP contribution in [-0.4, -0.2) is 23.8 Å². The van der Waals surface area contributed by atoms with Crippen molar-refractivity contribution < 1.29 is 9.47 Å². The van der Waals surface area contributed by atoms with Crippen molar-refractivity contribution in [2.75, 3.05) is 14.2 Å². The minimum Gasteiger partial charge on any atom is -0.497 e. The van der Waals surface area contributed by atoms with Gasteiger partial charge in [0.05, 0.1) is 30.8 Å². The number of nitrogens with zero attached hydrogens (tertiary/aromatic N) is 2. The molecule has 1 aromatic heterocycles. The van der Waals surface area contributed by atoms with Crippen molar-refractivity contribution in [1.29, 1.82) is 0 Å². The first-order valence-electron chi connectivity index (χ1n) is 6.49. The molecular formula is C14H19N3O2S. The lowest BCUT2D eigenvalue weighted by Crippen LogP contribution is -2.14. The number of aryl methyl sites for hydroxylation is 1. The Bertz CT molecular complexity index is 571. The molecule has 0 aliphatic rings. The predicted octanol–water partition coefficient (Wildman–Crippen LogP) is 2.56. The van der Waals surface area contributed by atoms with Crippen LogP contribution in [0.15, 0.2) is 18.2 Å². The Labute approximate surface area is 122 Å². The van der Waals surface area contributed by atoms with Crippen LogP contribution in [0.2, 0.25) is 0 Å². The standard InChI is InChI=1S/C14H19N3O2S/c1-4-5-11-14(20-17-16-11)13(15)10-8-9(18-2)6-7-12(10)19-3/h6-8,13H,4-5,15H2,1-3H3. The molecule has 0 spiro atoms. The molecule has 2 N–H and O–H groups in total. The fourth-order valence-corrected chi connectivity index (χ4v) is 2.80. The smallest absolute Gasteiger partial charge is 0.124 e. The Morgan fingerprint density at radius 1 is 1.30 bits per heavy atom.